The summed E-state index contributed by atoms with van der Waals surface area (Å²) in [6.45, 7) is 6.90. The minimum atomic E-state index is -4.40. The number of likely N-dealkylation sites (N-methyl/N-ethyl adjacent to an activating group) is 1. The van der Waals surface area contributed by atoms with Crippen molar-refractivity contribution < 1.29 is 38.0 Å². The highest BCUT2D eigenvalue weighted by atomic mass is 31.2. The summed E-state index contributed by atoms with van der Waals surface area (Å²) in [7, 11) is 1.44. The van der Waals surface area contributed by atoms with Gasteiger partial charge in [0, 0.05) is 6.42 Å². The van der Waals surface area contributed by atoms with Crippen molar-refractivity contribution in [3.05, 3.63) is 0 Å². The van der Waals surface area contributed by atoms with Crippen LogP contribution in [0, 0.1) is 5.92 Å². The first kappa shape index (κ1) is 49.5. The van der Waals surface area contributed by atoms with Crippen molar-refractivity contribution in [2.45, 2.75) is 206 Å². The van der Waals surface area contributed by atoms with Crippen molar-refractivity contribution in [2.75, 3.05) is 40.9 Å². The Morgan fingerprint density at radius 2 is 1.08 bits per heavy atom. The Balaban J connectivity index is 4.52. The molecule has 0 aromatic carbocycles. The molecule has 50 heavy (non-hydrogen) atoms. The van der Waals surface area contributed by atoms with Crippen LogP contribution in [0.2, 0.25) is 0 Å². The molecule has 0 aliphatic rings. The largest absolute Gasteiger partial charge is 0.472 e. The molecule has 0 aliphatic heterocycles. The van der Waals surface area contributed by atoms with Crippen molar-refractivity contribution in [2.24, 2.45) is 5.92 Å². The fraction of sp³-hybridized carbons (Fsp3) is 0.975. The molecule has 0 fully saturated rings. The molecular weight excluding hydrogens is 651 g/mol. The second-order valence-corrected chi connectivity index (χ2v) is 17.8. The highest BCUT2D eigenvalue weighted by Gasteiger charge is 2.31. The molecule has 10 heteroatoms. The number of phosphoric acid groups is 1. The molecule has 1 amide bonds. The number of quaternary nitrogens is 1. The number of phosphoric ester groups is 1. The van der Waals surface area contributed by atoms with Crippen molar-refractivity contribution in [1.82, 2.24) is 5.32 Å². The predicted octanol–water partition coefficient (Wildman–Crippen LogP) is 9.85. The lowest BCUT2D eigenvalue weighted by molar-refractivity contribution is -0.870. The van der Waals surface area contributed by atoms with Crippen LogP contribution in [0.5, 0.6) is 0 Å². The number of hydrogen-bond acceptors (Lipinski definition) is 6. The van der Waals surface area contributed by atoms with Crippen LogP contribution in [-0.4, -0.2) is 84.6 Å². The minimum absolute atomic E-state index is 0.0244. The van der Waals surface area contributed by atoms with Gasteiger partial charge in [-0.05, 0) is 18.8 Å². The lowest BCUT2D eigenvalue weighted by Gasteiger charge is -2.28. The van der Waals surface area contributed by atoms with Crippen molar-refractivity contribution in [3.63, 3.8) is 0 Å². The van der Waals surface area contributed by atoms with Gasteiger partial charge in [0.25, 0.3) is 0 Å². The van der Waals surface area contributed by atoms with Crippen LogP contribution < -0.4 is 5.32 Å². The predicted molar refractivity (Wildman–Crippen MR) is 209 cm³/mol. The van der Waals surface area contributed by atoms with Gasteiger partial charge in [0.05, 0.1) is 39.9 Å². The summed E-state index contributed by atoms with van der Waals surface area (Å²) in [6.07, 6.45) is 27.4. The van der Waals surface area contributed by atoms with Crippen LogP contribution in [0.25, 0.3) is 0 Å². The zero-order valence-corrected chi connectivity index (χ0v) is 34.6. The maximum absolute atomic E-state index is 12.9. The molecule has 4 N–H and O–H groups in total. The fourth-order valence-corrected chi connectivity index (χ4v) is 6.94. The Bertz CT molecular complexity index is 824. The first-order valence-electron chi connectivity index (χ1n) is 20.8. The number of aliphatic hydroxyl groups excluding tert-OH is 2. The molecule has 0 aliphatic carbocycles. The first-order chi connectivity index (χ1) is 23.8. The molecule has 0 saturated heterocycles. The number of carbonyl (C=O) groups is 1. The molecule has 0 spiro atoms. The van der Waals surface area contributed by atoms with E-state index in [1.165, 1.54) is 116 Å². The summed E-state index contributed by atoms with van der Waals surface area (Å²) < 4.78 is 23.4. The summed E-state index contributed by atoms with van der Waals surface area (Å²) >= 11 is 0. The van der Waals surface area contributed by atoms with Crippen molar-refractivity contribution in [3.8, 4) is 0 Å². The van der Waals surface area contributed by atoms with E-state index in [9.17, 15) is 24.5 Å². The van der Waals surface area contributed by atoms with Gasteiger partial charge in [0.15, 0.2) is 0 Å². The Labute approximate surface area is 309 Å². The number of hydrogen-bond donors (Lipinski definition) is 4. The second-order valence-electron chi connectivity index (χ2n) is 16.3. The van der Waals surface area contributed by atoms with E-state index < -0.39 is 32.7 Å². The van der Waals surface area contributed by atoms with Crippen LogP contribution in [0.15, 0.2) is 0 Å². The van der Waals surface area contributed by atoms with E-state index in [1.807, 2.05) is 21.1 Å². The van der Waals surface area contributed by atoms with Gasteiger partial charge in [-0.3, -0.25) is 13.8 Å². The van der Waals surface area contributed by atoms with Gasteiger partial charge < -0.3 is 24.9 Å². The number of rotatable bonds is 37. The summed E-state index contributed by atoms with van der Waals surface area (Å²) in [5.41, 5.74) is 0. The Kier molecular flexibility index (Phi) is 31.6. The summed E-state index contributed by atoms with van der Waals surface area (Å²) in [5, 5.41) is 24.6. The van der Waals surface area contributed by atoms with Crippen LogP contribution in [0.4, 0.5) is 0 Å². The molecule has 0 aromatic rings. The molecule has 0 radical (unpaired) electrons. The Hall–Kier alpha value is -0.540. The van der Waals surface area contributed by atoms with E-state index in [0.717, 1.165) is 44.4 Å². The highest BCUT2D eigenvalue weighted by molar-refractivity contribution is 7.47. The molecule has 1 unspecified atom stereocenters. The fourth-order valence-electron chi connectivity index (χ4n) is 6.21. The number of amides is 1. The first-order valence-corrected chi connectivity index (χ1v) is 22.3. The number of nitrogens with one attached hydrogen (secondary N) is 1. The second kappa shape index (κ2) is 31.9. The van der Waals surface area contributed by atoms with Gasteiger partial charge in [0.2, 0.25) is 5.91 Å². The Morgan fingerprint density at radius 3 is 1.52 bits per heavy atom. The molecule has 0 aromatic heterocycles. The summed E-state index contributed by atoms with van der Waals surface area (Å²) in [4.78, 5) is 23.1. The van der Waals surface area contributed by atoms with Crippen molar-refractivity contribution >= 4 is 13.7 Å². The average molecular weight is 736 g/mol. The van der Waals surface area contributed by atoms with E-state index in [-0.39, 0.29) is 12.5 Å². The van der Waals surface area contributed by atoms with Gasteiger partial charge in [0.1, 0.15) is 19.3 Å². The molecular formula is C40H84N2O7P+. The molecule has 0 heterocycles. The van der Waals surface area contributed by atoms with Gasteiger partial charge in [-0.25, -0.2) is 4.57 Å². The van der Waals surface area contributed by atoms with Crippen LogP contribution in [-0.2, 0) is 18.4 Å². The Morgan fingerprint density at radius 1 is 0.660 bits per heavy atom. The number of unbranched alkanes of at least 4 members (excludes halogenated alkanes) is 21. The van der Waals surface area contributed by atoms with E-state index in [4.69, 9.17) is 9.05 Å². The molecule has 0 bridgehead atoms. The smallest absolute Gasteiger partial charge is 0.390 e. The SMILES string of the molecule is CCCCCCCCCCCCCCCCCC(=O)N[C@@H](COP(=O)(O)OCC[N+](C)(C)C)[C@H](O)[C@H](O)CCCCCCCCCCC(C)C. The van der Waals surface area contributed by atoms with Crippen LogP contribution in [0.1, 0.15) is 188 Å². The van der Waals surface area contributed by atoms with E-state index >= 15 is 0 Å². The number of aliphatic hydroxyl groups is 2. The maximum Gasteiger partial charge on any atom is 0.472 e. The summed E-state index contributed by atoms with van der Waals surface area (Å²) in [6, 6.07) is -1.03. The van der Waals surface area contributed by atoms with Crippen LogP contribution >= 0.6 is 7.82 Å². The number of carbonyl (C=O) groups excluding carboxylic acids is 1. The molecule has 9 nitrogen and oxygen atoms in total. The molecule has 0 saturated carbocycles. The van der Waals surface area contributed by atoms with Gasteiger partial charge in [-0.1, -0.05) is 168 Å². The molecule has 300 valence electrons. The quantitative estimate of drug-likeness (QED) is 0.0284. The lowest BCUT2D eigenvalue weighted by atomic mass is 9.99. The average Bonchev–Trinajstić information content (AvgIpc) is 3.04. The van der Waals surface area contributed by atoms with E-state index in [2.05, 4.69) is 26.1 Å². The highest BCUT2D eigenvalue weighted by Crippen LogP contribution is 2.43. The molecule has 0 rings (SSSR count). The maximum atomic E-state index is 12.9. The normalized spacial score (nSPS) is 15.2. The minimum Gasteiger partial charge on any atom is -0.390 e. The zero-order valence-electron chi connectivity index (χ0n) is 33.7. The monoisotopic (exact) mass is 736 g/mol. The van der Waals surface area contributed by atoms with Crippen LogP contribution in [0.3, 0.4) is 0 Å². The summed E-state index contributed by atoms with van der Waals surface area (Å²) in [5.74, 6) is 0.515. The van der Waals surface area contributed by atoms with Crippen molar-refractivity contribution in [1.29, 1.82) is 0 Å². The zero-order chi connectivity index (χ0) is 37.5. The van der Waals surface area contributed by atoms with E-state index in [1.54, 1.807) is 0 Å². The lowest BCUT2D eigenvalue weighted by Crippen LogP contribution is -2.51. The third kappa shape index (κ3) is 33.3. The third-order valence-electron chi connectivity index (χ3n) is 9.63. The van der Waals surface area contributed by atoms with Gasteiger partial charge in [-0.2, -0.15) is 0 Å². The van der Waals surface area contributed by atoms with Gasteiger partial charge >= 0.3 is 7.82 Å². The third-order valence-corrected chi connectivity index (χ3v) is 10.6. The number of nitrogens with zero attached hydrogens (tertiary/aromatic N) is 1. The topological polar surface area (TPSA) is 125 Å². The van der Waals surface area contributed by atoms with Gasteiger partial charge in [-0.15, -0.1) is 0 Å². The van der Waals surface area contributed by atoms with E-state index in [0.29, 0.717) is 23.9 Å². The standard InChI is InChI=1S/C40H83N2O7P/c1-7-8-9-10-11-12-13-14-15-16-17-18-23-26-29-32-39(44)41-37(35-49-50(46,47)48-34-33-42(4,5)6)40(45)38(43)31-28-25-22-20-19-21-24-27-30-36(2)3/h36-38,40,43,45H,7-35H2,1-6H3,(H-,41,44,46,47)/p+1/t37-,38+,40-/m0/s1. The molecule has 4 atom stereocenters.